The maximum absolute atomic E-state index is 12.2. The van der Waals surface area contributed by atoms with Gasteiger partial charge < -0.3 is 9.64 Å². The Morgan fingerprint density at radius 2 is 1.80 bits per heavy atom. The normalized spacial score (nSPS) is 16.1. The molecule has 0 bridgehead atoms. The lowest BCUT2D eigenvalue weighted by molar-refractivity contribution is 0.0205. The van der Waals surface area contributed by atoms with Crippen molar-refractivity contribution >= 4 is 6.09 Å². The summed E-state index contributed by atoms with van der Waals surface area (Å²) in [7, 11) is 0. The lowest BCUT2D eigenvalue weighted by Gasteiger charge is -2.33. The summed E-state index contributed by atoms with van der Waals surface area (Å²) in [6.07, 6.45) is 5.74. The lowest BCUT2D eigenvalue weighted by atomic mass is 9.92. The van der Waals surface area contributed by atoms with Crippen molar-refractivity contribution in [3.05, 3.63) is 47.8 Å². The molecule has 5 nitrogen and oxygen atoms in total. The Morgan fingerprint density at radius 3 is 2.40 bits per heavy atom. The second-order valence-corrected chi connectivity index (χ2v) is 7.80. The van der Waals surface area contributed by atoms with E-state index in [0.29, 0.717) is 5.92 Å². The molecule has 0 unspecified atom stereocenters. The summed E-state index contributed by atoms with van der Waals surface area (Å²) >= 11 is 0. The van der Waals surface area contributed by atoms with E-state index in [1.54, 1.807) is 0 Å². The number of aromatic nitrogens is 2. The molecule has 0 aliphatic carbocycles. The molecular weight excluding hydrogens is 314 g/mol. The van der Waals surface area contributed by atoms with Gasteiger partial charge in [0.15, 0.2) is 0 Å². The van der Waals surface area contributed by atoms with Gasteiger partial charge in [0.25, 0.3) is 0 Å². The van der Waals surface area contributed by atoms with Gasteiger partial charge in [-0.05, 0) is 64.2 Å². The SMILES string of the molecule is Cc1ccc(-n2cc(C3CCN(C(=O)OC(C)(C)C)CC3)cn2)cc1. The van der Waals surface area contributed by atoms with Crippen LogP contribution in [0.5, 0.6) is 0 Å². The second-order valence-electron chi connectivity index (χ2n) is 7.80. The Balaban J connectivity index is 1.60. The van der Waals surface area contributed by atoms with Crippen LogP contribution < -0.4 is 0 Å². The highest BCUT2D eigenvalue weighted by Crippen LogP contribution is 2.29. The molecule has 0 radical (unpaired) electrons. The molecule has 2 heterocycles. The van der Waals surface area contributed by atoms with Gasteiger partial charge >= 0.3 is 6.09 Å². The van der Waals surface area contributed by atoms with Crippen LogP contribution in [0.25, 0.3) is 5.69 Å². The molecule has 134 valence electrons. The quantitative estimate of drug-likeness (QED) is 0.818. The Bertz CT molecular complexity index is 720. The number of piperidine rings is 1. The van der Waals surface area contributed by atoms with Crippen molar-refractivity contribution < 1.29 is 9.53 Å². The Morgan fingerprint density at radius 1 is 1.16 bits per heavy atom. The molecule has 1 saturated heterocycles. The Hall–Kier alpha value is -2.30. The van der Waals surface area contributed by atoms with Crippen molar-refractivity contribution in [1.29, 1.82) is 0 Å². The van der Waals surface area contributed by atoms with Crippen LogP contribution in [0.1, 0.15) is 50.7 Å². The zero-order valence-corrected chi connectivity index (χ0v) is 15.5. The highest BCUT2D eigenvalue weighted by atomic mass is 16.6. The first-order chi connectivity index (χ1) is 11.8. The zero-order valence-electron chi connectivity index (χ0n) is 15.5. The van der Waals surface area contributed by atoms with Crippen molar-refractivity contribution in [2.75, 3.05) is 13.1 Å². The third kappa shape index (κ3) is 4.41. The van der Waals surface area contributed by atoms with Crippen LogP contribution in [-0.4, -0.2) is 39.5 Å². The van der Waals surface area contributed by atoms with Crippen LogP contribution in [0.15, 0.2) is 36.7 Å². The van der Waals surface area contributed by atoms with Gasteiger partial charge in [-0.2, -0.15) is 5.10 Å². The third-order valence-electron chi connectivity index (χ3n) is 4.52. The van der Waals surface area contributed by atoms with Crippen LogP contribution in [0.2, 0.25) is 0 Å². The van der Waals surface area contributed by atoms with Gasteiger partial charge in [-0.15, -0.1) is 0 Å². The summed E-state index contributed by atoms with van der Waals surface area (Å²) in [5.74, 6) is 0.442. The molecule has 0 N–H and O–H groups in total. The number of benzene rings is 1. The molecule has 5 heteroatoms. The molecule has 0 spiro atoms. The van der Waals surface area contributed by atoms with E-state index in [4.69, 9.17) is 4.74 Å². The molecule has 0 saturated carbocycles. The van der Waals surface area contributed by atoms with E-state index < -0.39 is 5.60 Å². The van der Waals surface area contributed by atoms with E-state index in [1.165, 1.54) is 11.1 Å². The molecule has 1 aliphatic rings. The fraction of sp³-hybridized carbons (Fsp3) is 0.500. The van der Waals surface area contributed by atoms with Crippen LogP contribution in [0, 0.1) is 6.92 Å². The first-order valence-corrected chi connectivity index (χ1v) is 8.91. The van der Waals surface area contributed by atoms with Gasteiger partial charge in [0.05, 0.1) is 11.9 Å². The van der Waals surface area contributed by atoms with Crippen molar-refractivity contribution in [2.45, 2.75) is 52.1 Å². The first kappa shape index (κ1) is 17.5. The smallest absolute Gasteiger partial charge is 0.410 e. The monoisotopic (exact) mass is 341 g/mol. The standard InChI is InChI=1S/C20H27N3O2/c1-15-5-7-18(8-6-15)23-14-17(13-21-23)16-9-11-22(12-10-16)19(24)25-20(2,3)4/h5-8,13-14,16H,9-12H2,1-4H3. The zero-order chi connectivity index (χ0) is 18.0. The van der Waals surface area contributed by atoms with Crippen molar-refractivity contribution in [3.8, 4) is 5.69 Å². The van der Waals surface area contributed by atoms with Gasteiger partial charge in [0.2, 0.25) is 0 Å². The first-order valence-electron chi connectivity index (χ1n) is 8.91. The number of carbonyl (C=O) groups is 1. The average Bonchev–Trinajstić information content (AvgIpc) is 3.04. The molecule has 1 amide bonds. The summed E-state index contributed by atoms with van der Waals surface area (Å²) in [6.45, 7) is 9.24. The molecule has 1 aromatic heterocycles. The number of hydrogen-bond donors (Lipinski definition) is 0. The number of carbonyl (C=O) groups excluding carboxylic acids is 1. The van der Waals surface area contributed by atoms with Crippen molar-refractivity contribution in [1.82, 2.24) is 14.7 Å². The summed E-state index contributed by atoms with van der Waals surface area (Å²) in [4.78, 5) is 14.0. The van der Waals surface area contributed by atoms with E-state index in [0.717, 1.165) is 31.6 Å². The summed E-state index contributed by atoms with van der Waals surface area (Å²) in [5.41, 5.74) is 3.11. The van der Waals surface area contributed by atoms with Gasteiger partial charge in [-0.1, -0.05) is 17.7 Å². The minimum Gasteiger partial charge on any atom is -0.444 e. The van der Waals surface area contributed by atoms with E-state index in [-0.39, 0.29) is 6.09 Å². The number of ether oxygens (including phenoxy) is 1. The fourth-order valence-corrected chi connectivity index (χ4v) is 3.11. The summed E-state index contributed by atoms with van der Waals surface area (Å²) in [5, 5.41) is 4.51. The predicted molar refractivity (Wildman–Crippen MR) is 98.1 cm³/mol. The molecule has 1 aliphatic heterocycles. The summed E-state index contributed by atoms with van der Waals surface area (Å²) in [6, 6.07) is 8.35. The van der Waals surface area contributed by atoms with Gasteiger partial charge in [0.1, 0.15) is 5.60 Å². The molecule has 0 atom stereocenters. The predicted octanol–water partition coefficient (Wildman–Crippen LogP) is 4.30. The highest BCUT2D eigenvalue weighted by molar-refractivity contribution is 5.68. The van der Waals surface area contributed by atoms with Gasteiger partial charge in [-0.25, -0.2) is 9.48 Å². The summed E-state index contributed by atoms with van der Waals surface area (Å²) < 4.78 is 7.39. The van der Waals surface area contributed by atoms with E-state index in [9.17, 15) is 4.79 Å². The van der Waals surface area contributed by atoms with Crippen LogP contribution in [0.4, 0.5) is 4.79 Å². The van der Waals surface area contributed by atoms with E-state index >= 15 is 0 Å². The number of amides is 1. The van der Waals surface area contributed by atoms with Crippen LogP contribution in [-0.2, 0) is 4.74 Å². The van der Waals surface area contributed by atoms with Gasteiger partial charge in [-0.3, -0.25) is 0 Å². The number of likely N-dealkylation sites (tertiary alicyclic amines) is 1. The maximum Gasteiger partial charge on any atom is 0.410 e. The molecule has 25 heavy (non-hydrogen) atoms. The number of hydrogen-bond acceptors (Lipinski definition) is 3. The minimum absolute atomic E-state index is 0.207. The van der Waals surface area contributed by atoms with E-state index in [1.807, 2.05) is 36.5 Å². The van der Waals surface area contributed by atoms with Crippen molar-refractivity contribution in [2.24, 2.45) is 0 Å². The Labute approximate surface area is 149 Å². The minimum atomic E-state index is -0.441. The number of rotatable bonds is 2. The lowest BCUT2D eigenvalue weighted by Crippen LogP contribution is -2.41. The molecule has 1 aromatic carbocycles. The fourth-order valence-electron chi connectivity index (χ4n) is 3.11. The third-order valence-corrected chi connectivity index (χ3v) is 4.52. The van der Waals surface area contributed by atoms with Crippen LogP contribution in [0.3, 0.4) is 0 Å². The highest BCUT2D eigenvalue weighted by Gasteiger charge is 2.28. The number of nitrogens with zero attached hydrogens (tertiary/aromatic N) is 3. The van der Waals surface area contributed by atoms with Crippen molar-refractivity contribution in [3.63, 3.8) is 0 Å². The molecule has 2 aromatic rings. The maximum atomic E-state index is 12.2. The number of aryl methyl sites for hydroxylation is 1. The largest absolute Gasteiger partial charge is 0.444 e. The average molecular weight is 341 g/mol. The van der Waals surface area contributed by atoms with Crippen LogP contribution >= 0.6 is 0 Å². The second kappa shape index (κ2) is 6.90. The Kier molecular flexibility index (Phi) is 4.84. The molecule has 1 fully saturated rings. The topological polar surface area (TPSA) is 47.4 Å². The molecule has 3 rings (SSSR count). The van der Waals surface area contributed by atoms with Gasteiger partial charge in [0, 0.05) is 19.3 Å². The molecular formula is C20H27N3O2. The van der Waals surface area contributed by atoms with E-state index in [2.05, 4.69) is 42.5 Å².